The van der Waals surface area contributed by atoms with Gasteiger partial charge in [-0.3, -0.25) is 4.31 Å². The molecule has 1 aromatic heterocycles. The van der Waals surface area contributed by atoms with E-state index in [1.165, 1.54) is 17.5 Å². The predicted molar refractivity (Wildman–Crippen MR) is 89.6 cm³/mol. The van der Waals surface area contributed by atoms with Crippen LogP contribution in [0.5, 0.6) is 11.6 Å². The quantitative estimate of drug-likeness (QED) is 0.794. The molecule has 0 saturated carbocycles. The number of anilines is 1. The third-order valence-electron chi connectivity index (χ3n) is 3.45. The molecule has 1 aliphatic rings. The first-order valence-electron chi connectivity index (χ1n) is 6.91. The molecule has 8 heteroatoms. The molecule has 2 heterocycles. The lowest BCUT2D eigenvalue weighted by Gasteiger charge is -2.33. The highest BCUT2D eigenvalue weighted by molar-refractivity contribution is 9.10. The molecule has 122 valence electrons. The summed E-state index contributed by atoms with van der Waals surface area (Å²) in [6, 6.07) is 8.24. The lowest BCUT2D eigenvalue weighted by atomic mass is 10.3. The molecule has 0 spiro atoms. The molecule has 1 aliphatic heterocycles. The molecule has 6 nitrogen and oxygen atoms in total. The summed E-state index contributed by atoms with van der Waals surface area (Å²) in [4.78, 5) is 4.21. The molecule has 1 aromatic carbocycles. The first kappa shape index (κ1) is 16.1. The van der Waals surface area contributed by atoms with Crippen LogP contribution in [-0.4, -0.2) is 33.2 Å². The monoisotopic (exact) mass is 398 g/mol. The van der Waals surface area contributed by atoms with Crippen LogP contribution in [0.1, 0.15) is 6.92 Å². The molecule has 0 bridgehead atoms. The van der Waals surface area contributed by atoms with Crippen molar-refractivity contribution in [1.29, 1.82) is 0 Å². The Morgan fingerprint density at radius 3 is 2.91 bits per heavy atom. The van der Waals surface area contributed by atoms with Gasteiger partial charge in [-0.25, -0.2) is 13.4 Å². The molecule has 23 heavy (non-hydrogen) atoms. The number of methoxy groups -OCH3 is 1. The van der Waals surface area contributed by atoms with Crippen molar-refractivity contribution in [1.82, 2.24) is 4.98 Å². The number of sulfonamides is 1. The molecule has 2 aromatic rings. The zero-order valence-electron chi connectivity index (χ0n) is 12.6. The topological polar surface area (TPSA) is 68.7 Å². The fourth-order valence-electron chi connectivity index (χ4n) is 2.42. The molecule has 0 unspecified atom stereocenters. The number of halogens is 1. The van der Waals surface area contributed by atoms with E-state index in [0.29, 0.717) is 16.0 Å². The zero-order valence-corrected chi connectivity index (χ0v) is 15.0. The zero-order chi connectivity index (χ0) is 16.6. The Morgan fingerprint density at radius 2 is 2.17 bits per heavy atom. The number of aromatic nitrogens is 1. The average molecular weight is 399 g/mol. The third kappa shape index (κ3) is 2.88. The van der Waals surface area contributed by atoms with Crippen LogP contribution in [0.2, 0.25) is 0 Å². The van der Waals surface area contributed by atoms with Crippen molar-refractivity contribution in [3.8, 4) is 11.6 Å². The van der Waals surface area contributed by atoms with Gasteiger partial charge in [0.1, 0.15) is 22.4 Å². The highest BCUT2D eigenvalue weighted by Gasteiger charge is 2.35. The summed E-state index contributed by atoms with van der Waals surface area (Å²) in [5.41, 5.74) is 0.424. The number of hydrogen-bond donors (Lipinski definition) is 0. The van der Waals surface area contributed by atoms with E-state index in [-0.39, 0.29) is 23.3 Å². The molecular weight excluding hydrogens is 384 g/mol. The second-order valence-corrected chi connectivity index (χ2v) is 7.83. The van der Waals surface area contributed by atoms with Gasteiger partial charge in [-0.05, 0) is 37.3 Å². The summed E-state index contributed by atoms with van der Waals surface area (Å²) in [5.74, 6) is 0.599. The molecule has 0 saturated heterocycles. The molecule has 0 fully saturated rings. The maximum atomic E-state index is 13.2. The van der Waals surface area contributed by atoms with Crippen LogP contribution in [0, 0.1) is 0 Å². The Kier molecular flexibility index (Phi) is 4.20. The van der Waals surface area contributed by atoms with E-state index in [0.717, 1.165) is 0 Å². The minimum Gasteiger partial charge on any atom is -0.495 e. The Balaban J connectivity index is 2.16. The molecule has 0 radical (unpaired) electrons. The Morgan fingerprint density at radius 1 is 1.39 bits per heavy atom. The first-order valence-corrected chi connectivity index (χ1v) is 9.14. The van der Waals surface area contributed by atoms with Crippen LogP contribution < -0.4 is 13.8 Å². The van der Waals surface area contributed by atoms with Gasteiger partial charge in [-0.2, -0.15) is 0 Å². The van der Waals surface area contributed by atoms with E-state index in [9.17, 15) is 8.42 Å². The largest absolute Gasteiger partial charge is 0.495 e. The minimum absolute atomic E-state index is 0.0956. The van der Waals surface area contributed by atoms with Crippen LogP contribution in [0.3, 0.4) is 0 Å². The molecule has 1 atom stereocenters. The van der Waals surface area contributed by atoms with Gasteiger partial charge < -0.3 is 9.47 Å². The first-order chi connectivity index (χ1) is 10.9. The summed E-state index contributed by atoms with van der Waals surface area (Å²) in [6.45, 7) is 2.01. The van der Waals surface area contributed by atoms with Crippen LogP contribution >= 0.6 is 15.9 Å². The molecular formula is C15H15BrN2O4S. The summed E-state index contributed by atoms with van der Waals surface area (Å²) in [5, 5.41) is 0. The fourth-order valence-corrected chi connectivity index (χ4v) is 4.66. The highest BCUT2D eigenvalue weighted by atomic mass is 79.9. The third-order valence-corrected chi connectivity index (χ3v) is 5.74. The van der Waals surface area contributed by atoms with Gasteiger partial charge in [-0.15, -0.1) is 0 Å². The predicted octanol–water partition coefficient (Wildman–Crippen LogP) is 2.83. The van der Waals surface area contributed by atoms with Gasteiger partial charge in [0.15, 0.2) is 0 Å². The van der Waals surface area contributed by atoms with Gasteiger partial charge in [0.2, 0.25) is 5.88 Å². The second kappa shape index (κ2) is 6.01. The second-order valence-electron chi connectivity index (χ2n) is 5.09. The van der Waals surface area contributed by atoms with E-state index in [2.05, 4.69) is 20.9 Å². The smallest absolute Gasteiger partial charge is 0.268 e. The van der Waals surface area contributed by atoms with E-state index < -0.39 is 10.0 Å². The van der Waals surface area contributed by atoms with E-state index in [1.54, 1.807) is 37.4 Å². The van der Waals surface area contributed by atoms with Gasteiger partial charge >= 0.3 is 0 Å². The Labute approximate surface area is 143 Å². The number of benzene rings is 1. The lowest BCUT2D eigenvalue weighted by Crippen LogP contribution is -2.42. The number of pyridine rings is 1. The van der Waals surface area contributed by atoms with Crippen LogP contribution in [-0.2, 0) is 10.0 Å². The summed E-state index contributed by atoms with van der Waals surface area (Å²) in [6.07, 6.45) is 1.27. The summed E-state index contributed by atoms with van der Waals surface area (Å²) < 4.78 is 39.1. The Hall–Kier alpha value is -1.80. The lowest BCUT2D eigenvalue weighted by molar-refractivity contribution is 0.210. The van der Waals surface area contributed by atoms with Crippen LogP contribution in [0.15, 0.2) is 45.9 Å². The molecule has 0 N–H and O–H groups in total. The summed E-state index contributed by atoms with van der Waals surface area (Å²) in [7, 11) is -2.37. The van der Waals surface area contributed by atoms with Crippen molar-refractivity contribution >= 4 is 31.6 Å². The van der Waals surface area contributed by atoms with Gasteiger partial charge in [0, 0.05) is 10.7 Å². The number of ether oxygens (including phenoxy) is 2. The van der Waals surface area contributed by atoms with Crippen molar-refractivity contribution in [2.24, 2.45) is 0 Å². The molecule has 0 amide bonds. The number of hydrogen-bond acceptors (Lipinski definition) is 5. The standard InChI is InChI=1S/C15H15BrN2O4S/c1-10-9-18(12-4-3-7-17-15(12)22-10)23(19,20)14-8-11(16)5-6-13(14)21-2/h3-8,10H,9H2,1-2H3/t10-/m1/s1. The van der Waals surface area contributed by atoms with E-state index in [1.807, 2.05) is 0 Å². The van der Waals surface area contributed by atoms with Gasteiger partial charge in [0.05, 0.1) is 13.7 Å². The van der Waals surface area contributed by atoms with Crippen LogP contribution in [0.25, 0.3) is 0 Å². The highest BCUT2D eigenvalue weighted by Crippen LogP contribution is 2.37. The van der Waals surface area contributed by atoms with Crippen molar-refractivity contribution in [2.45, 2.75) is 17.9 Å². The normalized spacial score (nSPS) is 17.3. The molecule has 3 rings (SSSR count). The number of fused-ring (bicyclic) bond motifs is 1. The molecule has 0 aliphatic carbocycles. The average Bonchev–Trinajstić information content (AvgIpc) is 2.54. The number of nitrogens with zero attached hydrogens (tertiary/aromatic N) is 2. The van der Waals surface area contributed by atoms with Crippen molar-refractivity contribution in [3.63, 3.8) is 0 Å². The SMILES string of the molecule is COc1ccc(Br)cc1S(=O)(=O)N1C[C@@H](C)Oc2ncccc21. The maximum Gasteiger partial charge on any atom is 0.268 e. The van der Waals surface area contributed by atoms with Gasteiger partial charge in [-0.1, -0.05) is 15.9 Å². The van der Waals surface area contributed by atoms with Crippen molar-refractivity contribution in [3.05, 3.63) is 41.0 Å². The minimum atomic E-state index is -3.82. The van der Waals surface area contributed by atoms with Gasteiger partial charge in [0.25, 0.3) is 10.0 Å². The number of rotatable bonds is 3. The fraction of sp³-hybridized carbons (Fsp3) is 0.267. The van der Waals surface area contributed by atoms with Crippen LogP contribution in [0.4, 0.5) is 5.69 Å². The maximum absolute atomic E-state index is 13.2. The van der Waals surface area contributed by atoms with E-state index in [4.69, 9.17) is 9.47 Å². The van der Waals surface area contributed by atoms with E-state index >= 15 is 0 Å². The summed E-state index contributed by atoms with van der Waals surface area (Å²) >= 11 is 3.31. The van der Waals surface area contributed by atoms with Crippen molar-refractivity contribution in [2.75, 3.05) is 18.0 Å². The Bertz CT molecular complexity index is 841. The van der Waals surface area contributed by atoms with Crippen molar-refractivity contribution < 1.29 is 17.9 Å².